The van der Waals surface area contributed by atoms with Crippen molar-refractivity contribution in [2.45, 2.75) is 39.5 Å². The van der Waals surface area contributed by atoms with Gasteiger partial charge in [-0.2, -0.15) is 0 Å². The number of carboxylic acids is 2. The molecule has 1 aromatic carbocycles. The second-order valence-corrected chi connectivity index (χ2v) is 5.45. The van der Waals surface area contributed by atoms with E-state index in [1.807, 2.05) is 0 Å². The van der Waals surface area contributed by atoms with Crippen LogP contribution in [0.15, 0.2) is 18.2 Å². The molecule has 0 radical (unpaired) electrons. The van der Waals surface area contributed by atoms with E-state index in [1.54, 1.807) is 13.8 Å². The van der Waals surface area contributed by atoms with Crippen molar-refractivity contribution in [2.24, 2.45) is 0 Å². The first kappa shape index (κ1) is 25.5. The quantitative estimate of drug-likeness (QED) is 0.251. The Morgan fingerprint density at radius 1 is 0.862 bits per heavy atom. The molecule has 0 heterocycles. The van der Waals surface area contributed by atoms with Gasteiger partial charge in [0.25, 0.3) is 5.69 Å². The van der Waals surface area contributed by atoms with Crippen molar-refractivity contribution in [2.75, 3.05) is 13.2 Å². The first-order chi connectivity index (χ1) is 13.6. The maximum absolute atomic E-state index is 10.9. The molecule has 11 heteroatoms. The normalized spacial score (nSPS) is 9.59. The number of ether oxygens (including phenoxy) is 2. The fourth-order valence-electron chi connectivity index (χ4n) is 1.97. The van der Waals surface area contributed by atoms with E-state index in [0.717, 1.165) is 18.2 Å². The molecule has 0 fully saturated rings. The van der Waals surface area contributed by atoms with Crippen molar-refractivity contribution < 1.29 is 43.8 Å². The van der Waals surface area contributed by atoms with E-state index in [4.69, 9.17) is 19.7 Å². The van der Waals surface area contributed by atoms with Gasteiger partial charge in [-0.05, 0) is 32.8 Å². The van der Waals surface area contributed by atoms with Crippen molar-refractivity contribution in [3.05, 3.63) is 39.4 Å². The van der Waals surface area contributed by atoms with Gasteiger partial charge in [0.1, 0.15) is 0 Å². The SMILES string of the molecule is CCOC(=O)CCCCC(=O)OCC.O=C(O)c1cc(C(=O)O)cc([N+](=O)[O-])c1. The van der Waals surface area contributed by atoms with Crippen LogP contribution in [0.4, 0.5) is 5.69 Å². The maximum Gasteiger partial charge on any atom is 0.335 e. The third-order valence-corrected chi connectivity index (χ3v) is 3.24. The van der Waals surface area contributed by atoms with Gasteiger partial charge in [0.05, 0.1) is 29.3 Å². The molecule has 0 amide bonds. The Balaban J connectivity index is 0.000000543. The molecule has 0 unspecified atom stereocenters. The van der Waals surface area contributed by atoms with Gasteiger partial charge in [0.2, 0.25) is 0 Å². The topological polar surface area (TPSA) is 170 Å². The van der Waals surface area contributed by atoms with Gasteiger partial charge in [-0.3, -0.25) is 19.7 Å². The van der Waals surface area contributed by atoms with Gasteiger partial charge >= 0.3 is 23.9 Å². The number of esters is 2. The molecule has 2 N–H and O–H groups in total. The number of nitro benzene ring substituents is 1. The lowest BCUT2D eigenvalue weighted by Gasteiger charge is -2.02. The molecule has 29 heavy (non-hydrogen) atoms. The Bertz CT molecular complexity index is 645. The summed E-state index contributed by atoms with van der Waals surface area (Å²) in [6.07, 6.45) is 2.12. The van der Waals surface area contributed by atoms with Gasteiger partial charge in [-0.15, -0.1) is 0 Å². The van der Waals surface area contributed by atoms with Crippen LogP contribution >= 0.6 is 0 Å². The van der Waals surface area contributed by atoms with E-state index in [2.05, 4.69) is 0 Å². The highest BCUT2D eigenvalue weighted by Crippen LogP contribution is 2.17. The second-order valence-electron chi connectivity index (χ2n) is 5.45. The molecule has 0 aliphatic heterocycles. The van der Waals surface area contributed by atoms with E-state index in [1.165, 1.54) is 0 Å². The summed E-state index contributed by atoms with van der Waals surface area (Å²) in [7, 11) is 0. The summed E-state index contributed by atoms with van der Waals surface area (Å²) in [5.74, 6) is -3.23. The number of hydrogen-bond acceptors (Lipinski definition) is 8. The number of nitrogens with zero attached hydrogens (tertiary/aromatic N) is 1. The van der Waals surface area contributed by atoms with Crippen LogP contribution in [-0.4, -0.2) is 52.2 Å². The highest BCUT2D eigenvalue weighted by molar-refractivity contribution is 5.94. The average Bonchev–Trinajstić information content (AvgIpc) is 2.65. The average molecular weight is 413 g/mol. The molecule has 160 valence electrons. The zero-order valence-corrected chi connectivity index (χ0v) is 16.1. The first-order valence-electron chi connectivity index (χ1n) is 8.69. The van der Waals surface area contributed by atoms with Crippen molar-refractivity contribution in [3.63, 3.8) is 0 Å². The van der Waals surface area contributed by atoms with Crippen LogP contribution in [0.2, 0.25) is 0 Å². The highest BCUT2D eigenvalue weighted by atomic mass is 16.6. The molecule has 0 saturated carbocycles. The number of carbonyl (C=O) groups excluding carboxylic acids is 2. The number of carbonyl (C=O) groups is 4. The lowest BCUT2D eigenvalue weighted by atomic mass is 10.1. The number of non-ortho nitro benzene ring substituents is 1. The molecule has 0 aromatic heterocycles. The number of unbranched alkanes of at least 4 members (excludes halogenated alkanes) is 1. The van der Waals surface area contributed by atoms with Gasteiger partial charge in [0, 0.05) is 25.0 Å². The van der Waals surface area contributed by atoms with Crippen molar-refractivity contribution in [3.8, 4) is 0 Å². The summed E-state index contributed by atoms with van der Waals surface area (Å²) in [5, 5.41) is 27.5. The van der Waals surface area contributed by atoms with Gasteiger partial charge in [-0.1, -0.05) is 0 Å². The summed E-state index contributed by atoms with van der Waals surface area (Å²) in [5.41, 5.74) is -1.42. The summed E-state index contributed by atoms with van der Waals surface area (Å²) in [6.45, 7) is 4.38. The van der Waals surface area contributed by atoms with Crippen molar-refractivity contribution in [1.29, 1.82) is 0 Å². The van der Waals surface area contributed by atoms with Crippen molar-refractivity contribution >= 4 is 29.6 Å². The van der Waals surface area contributed by atoms with Crippen LogP contribution in [0, 0.1) is 10.1 Å². The molecule has 0 spiro atoms. The van der Waals surface area contributed by atoms with Crippen LogP contribution in [0.25, 0.3) is 0 Å². The second kappa shape index (κ2) is 13.6. The Kier molecular flexibility index (Phi) is 12.0. The smallest absolute Gasteiger partial charge is 0.335 e. The number of nitro groups is 1. The van der Waals surface area contributed by atoms with Crippen LogP contribution < -0.4 is 0 Å². The predicted molar refractivity (Wildman–Crippen MR) is 98.7 cm³/mol. The number of carboxylic acid groups (broad SMARTS) is 2. The Hall–Kier alpha value is -3.50. The van der Waals surface area contributed by atoms with Crippen molar-refractivity contribution in [1.82, 2.24) is 0 Å². The van der Waals surface area contributed by atoms with E-state index >= 15 is 0 Å². The van der Waals surface area contributed by atoms with E-state index in [0.29, 0.717) is 38.9 Å². The Morgan fingerprint density at radius 3 is 1.52 bits per heavy atom. The number of rotatable bonds is 10. The molecule has 11 nitrogen and oxygen atoms in total. The summed E-state index contributed by atoms with van der Waals surface area (Å²) in [4.78, 5) is 52.3. The molecule has 0 saturated heterocycles. The Labute approximate surface area is 166 Å². The fraction of sp³-hybridized carbons (Fsp3) is 0.444. The van der Waals surface area contributed by atoms with Gasteiger partial charge in [0.15, 0.2) is 0 Å². The van der Waals surface area contributed by atoms with E-state index in [-0.39, 0.29) is 11.9 Å². The lowest BCUT2D eigenvalue weighted by molar-refractivity contribution is -0.384. The monoisotopic (exact) mass is 413 g/mol. The number of hydrogen-bond donors (Lipinski definition) is 2. The standard InChI is InChI=1S/C10H18O4.C8H5NO6/c1-3-13-9(11)7-5-6-8-10(12)14-4-2;10-7(11)4-1-5(8(12)13)3-6(2-4)9(14)15/h3-8H2,1-2H3;1-3H,(H,10,11)(H,12,13). The molecule has 0 bridgehead atoms. The molecule has 1 rings (SSSR count). The van der Waals surface area contributed by atoms with Crippen LogP contribution in [0.5, 0.6) is 0 Å². The third-order valence-electron chi connectivity index (χ3n) is 3.24. The molecular weight excluding hydrogens is 390 g/mol. The summed E-state index contributed by atoms with van der Waals surface area (Å²) in [6, 6.07) is 2.46. The lowest BCUT2D eigenvalue weighted by Crippen LogP contribution is -2.06. The van der Waals surface area contributed by atoms with Gasteiger partial charge in [-0.25, -0.2) is 9.59 Å². The van der Waals surface area contributed by atoms with Crippen LogP contribution in [-0.2, 0) is 19.1 Å². The number of benzene rings is 1. The summed E-state index contributed by atoms with van der Waals surface area (Å²) >= 11 is 0. The molecular formula is C18H23NO10. The number of aromatic carboxylic acids is 2. The van der Waals surface area contributed by atoms with E-state index in [9.17, 15) is 29.3 Å². The minimum atomic E-state index is -1.42. The zero-order valence-electron chi connectivity index (χ0n) is 16.1. The Morgan fingerprint density at radius 2 is 1.24 bits per heavy atom. The minimum Gasteiger partial charge on any atom is -0.478 e. The fourth-order valence-corrected chi connectivity index (χ4v) is 1.97. The van der Waals surface area contributed by atoms with Crippen LogP contribution in [0.3, 0.4) is 0 Å². The summed E-state index contributed by atoms with van der Waals surface area (Å²) < 4.78 is 9.48. The largest absolute Gasteiger partial charge is 0.478 e. The molecule has 0 atom stereocenters. The maximum atomic E-state index is 10.9. The zero-order chi connectivity index (χ0) is 22.4. The minimum absolute atomic E-state index is 0.198. The molecule has 0 aliphatic rings. The van der Waals surface area contributed by atoms with Crippen LogP contribution in [0.1, 0.15) is 60.2 Å². The molecule has 0 aliphatic carbocycles. The molecule has 1 aromatic rings. The first-order valence-corrected chi connectivity index (χ1v) is 8.69. The van der Waals surface area contributed by atoms with E-state index < -0.39 is 33.7 Å². The third kappa shape index (κ3) is 11.1. The predicted octanol–water partition coefficient (Wildman–Crippen LogP) is 2.66. The van der Waals surface area contributed by atoms with Gasteiger partial charge < -0.3 is 19.7 Å². The highest BCUT2D eigenvalue weighted by Gasteiger charge is 2.16.